The van der Waals surface area contributed by atoms with Crippen molar-refractivity contribution in [2.24, 2.45) is 0 Å². The normalized spacial score (nSPS) is 12.9. The van der Waals surface area contributed by atoms with Gasteiger partial charge in [0.15, 0.2) is 0 Å². The molecule has 0 spiro atoms. The number of nitrogens with zero attached hydrogens (tertiary/aromatic N) is 1. The predicted molar refractivity (Wildman–Crippen MR) is 69.8 cm³/mol. The number of anilines is 1. The van der Waals surface area contributed by atoms with E-state index < -0.39 is 6.10 Å². The number of aliphatic hydroxyl groups excluding tert-OH is 1. The largest absolute Gasteiger partial charge is 0.389 e. The molecule has 2 nitrogen and oxygen atoms in total. The van der Waals surface area contributed by atoms with Crippen molar-refractivity contribution in [3.8, 4) is 0 Å². The minimum Gasteiger partial charge on any atom is -0.389 e. The first kappa shape index (κ1) is 14.0. The molecule has 1 unspecified atom stereocenters. The second-order valence-corrected chi connectivity index (χ2v) is 4.47. The lowest BCUT2D eigenvalue weighted by Crippen LogP contribution is -2.31. The maximum absolute atomic E-state index is 13.9. The van der Waals surface area contributed by atoms with Crippen molar-refractivity contribution in [3.05, 3.63) is 29.6 Å². The van der Waals surface area contributed by atoms with Gasteiger partial charge in [-0.15, -0.1) is 0 Å². The fourth-order valence-electron chi connectivity index (χ4n) is 2.10. The SMILES string of the molecule is CCC(CC)N(C)c1ccc(C(C)O)cc1F. The van der Waals surface area contributed by atoms with Gasteiger partial charge >= 0.3 is 0 Å². The summed E-state index contributed by atoms with van der Waals surface area (Å²) in [5, 5.41) is 9.40. The first-order valence-electron chi connectivity index (χ1n) is 6.21. The van der Waals surface area contributed by atoms with Gasteiger partial charge < -0.3 is 10.0 Å². The molecule has 0 fully saturated rings. The highest BCUT2D eigenvalue weighted by Crippen LogP contribution is 2.25. The summed E-state index contributed by atoms with van der Waals surface area (Å²) >= 11 is 0. The van der Waals surface area contributed by atoms with Crippen LogP contribution in [0.5, 0.6) is 0 Å². The van der Waals surface area contributed by atoms with Gasteiger partial charge in [0, 0.05) is 13.1 Å². The monoisotopic (exact) mass is 239 g/mol. The summed E-state index contributed by atoms with van der Waals surface area (Å²) in [7, 11) is 1.91. The van der Waals surface area contributed by atoms with Crippen molar-refractivity contribution in [2.75, 3.05) is 11.9 Å². The Labute approximate surface area is 103 Å². The Balaban J connectivity index is 2.99. The topological polar surface area (TPSA) is 23.5 Å². The Bertz CT molecular complexity index is 361. The predicted octanol–water partition coefficient (Wildman–Crippen LogP) is 3.50. The second kappa shape index (κ2) is 6.01. The van der Waals surface area contributed by atoms with E-state index in [2.05, 4.69) is 13.8 Å². The summed E-state index contributed by atoms with van der Waals surface area (Å²) in [5.74, 6) is -0.266. The van der Waals surface area contributed by atoms with Crippen molar-refractivity contribution in [3.63, 3.8) is 0 Å². The van der Waals surface area contributed by atoms with Crippen LogP contribution in [0.25, 0.3) is 0 Å². The molecular formula is C14H22FNO. The zero-order valence-corrected chi connectivity index (χ0v) is 11.1. The van der Waals surface area contributed by atoms with Gasteiger partial charge in [-0.3, -0.25) is 0 Å². The molecule has 1 atom stereocenters. The van der Waals surface area contributed by atoms with Gasteiger partial charge in [-0.25, -0.2) is 4.39 Å². The summed E-state index contributed by atoms with van der Waals surface area (Å²) in [6.07, 6.45) is 1.35. The Morgan fingerprint density at radius 2 is 1.88 bits per heavy atom. The van der Waals surface area contributed by atoms with Crippen LogP contribution in [0.1, 0.15) is 45.3 Å². The summed E-state index contributed by atoms with van der Waals surface area (Å²) < 4.78 is 13.9. The van der Waals surface area contributed by atoms with E-state index in [9.17, 15) is 9.50 Å². The van der Waals surface area contributed by atoms with Gasteiger partial charge in [-0.2, -0.15) is 0 Å². The summed E-state index contributed by atoms with van der Waals surface area (Å²) in [6.45, 7) is 5.85. The molecule has 0 aliphatic carbocycles. The molecule has 0 saturated carbocycles. The van der Waals surface area contributed by atoms with E-state index >= 15 is 0 Å². The molecule has 0 amide bonds. The molecule has 0 bridgehead atoms. The van der Waals surface area contributed by atoms with Crippen molar-refractivity contribution >= 4 is 5.69 Å². The molecule has 0 aromatic heterocycles. The Morgan fingerprint density at radius 3 is 2.29 bits per heavy atom. The third-order valence-corrected chi connectivity index (χ3v) is 3.32. The number of rotatable bonds is 5. The van der Waals surface area contributed by atoms with E-state index in [0.29, 0.717) is 17.3 Å². The van der Waals surface area contributed by atoms with E-state index in [0.717, 1.165) is 12.8 Å². The van der Waals surface area contributed by atoms with Crippen LogP contribution in [-0.2, 0) is 0 Å². The average Bonchev–Trinajstić information content (AvgIpc) is 2.30. The van der Waals surface area contributed by atoms with E-state index in [1.165, 1.54) is 6.07 Å². The molecule has 0 saturated heterocycles. The Morgan fingerprint density at radius 1 is 1.29 bits per heavy atom. The van der Waals surface area contributed by atoms with Gasteiger partial charge in [0.25, 0.3) is 0 Å². The van der Waals surface area contributed by atoms with Gasteiger partial charge in [0.1, 0.15) is 5.82 Å². The molecule has 1 rings (SSSR count). The fraction of sp³-hybridized carbons (Fsp3) is 0.571. The maximum Gasteiger partial charge on any atom is 0.146 e. The van der Waals surface area contributed by atoms with E-state index in [-0.39, 0.29) is 5.82 Å². The van der Waals surface area contributed by atoms with Crippen LogP contribution in [0.4, 0.5) is 10.1 Å². The standard InChI is InChI=1S/C14H22FNO/c1-5-12(6-2)16(4)14-8-7-11(10(3)17)9-13(14)15/h7-10,12,17H,5-6H2,1-4H3. The van der Waals surface area contributed by atoms with Gasteiger partial charge in [0.2, 0.25) is 0 Å². The second-order valence-electron chi connectivity index (χ2n) is 4.47. The number of benzene rings is 1. The van der Waals surface area contributed by atoms with Crippen molar-refractivity contribution in [1.82, 2.24) is 0 Å². The summed E-state index contributed by atoms with van der Waals surface area (Å²) in [4.78, 5) is 1.97. The highest BCUT2D eigenvalue weighted by molar-refractivity contribution is 5.49. The summed E-state index contributed by atoms with van der Waals surface area (Å²) in [6, 6.07) is 5.29. The van der Waals surface area contributed by atoms with Gasteiger partial charge in [0.05, 0.1) is 11.8 Å². The lowest BCUT2D eigenvalue weighted by Gasteiger charge is -2.29. The average molecular weight is 239 g/mol. The highest BCUT2D eigenvalue weighted by Gasteiger charge is 2.15. The molecule has 96 valence electrons. The minimum absolute atomic E-state index is 0.266. The van der Waals surface area contributed by atoms with Crippen LogP contribution in [0.3, 0.4) is 0 Å². The van der Waals surface area contributed by atoms with E-state index in [4.69, 9.17) is 0 Å². The van der Waals surface area contributed by atoms with Crippen LogP contribution < -0.4 is 4.90 Å². The first-order chi connectivity index (χ1) is 8.01. The first-order valence-corrected chi connectivity index (χ1v) is 6.21. The number of hydrogen-bond acceptors (Lipinski definition) is 2. The molecule has 0 radical (unpaired) electrons. The molecule has 1 N–H and O–H groups in total. The minimum atomic E-state index is -0.628. The smallest absolute Gasteiger partial charge is 0.146 e. The van der Waals surface area contributed by atoms with Crippen molar-refractivity contribution < 1.29 is 9.50 Å². The van der Waals surface area contributed by atoms with Crippen LogP contribution in [0.2, 0.25) is 0 Å². The molecule has 3 heteroatoms. The third-order valence-electron chi connectivity index (χ3n) is 3.32. The number of halogens is 1. The van der Waals surface area contributed by atoms with Crippen LogP contribution in [-0.4, -0.2) is 18.2 Å². The lowest BCUT2D eigenvalue weighted by molar-refractivity contribution is 0.199. The maximum atomic E-state index is 13.9. The fourth-order valence-corrected chi connectivity index (χ4v) is 2.10. The van der Waals surface area contributed by atoms with Gasteiger partial charge in [-0.05, 0) is 37.5 Å². The van der Waals surface area contributed by atoms with E-state index in [1.807, 2.05) is 11.9 Å². The summed E-state index contributed by atoms with van der Waals surface area (Å²) in [5.41, 5.74) is 1.22. The molecule has 1 aromatic carbocycles. The molecule has 0 aliphatic heterocycles. The van der Waals surface area contributed by atoms with E-state index in [1.54, 1.807) is 19.1 Å². The Hall–Kier alpha value is -1.09. The quantitative estimate of drug-likeness (QED) is 0.850. The zero-order valence-electron chi connectivity index (χ0n) is 11.1. The van der Waals surface area contributed by atoms with Crippen molar-refractivity contribution in [2.45, 2.75) is 45.8 Å². The third kappa shape index (κ3) is 3.19. The zero-order chi connectivity index (χ0) is 13.0. The lowest BCUT2D eigenvalue weighted by atomic mass is 10.1. The molecule has 0 aliphatic rings. The van der Waals surface area contributed by atoms with Crippen LogP contribution in [0.15, 0.2) is 18.2 Å². The van der Waals surface area contributed by atoms with Crippen molar-refractivity contribution in [1.29, 1.82) is 0 Å². The molecule has 17 heavy (non-hydrogen) atoms. The number of aliphatic hydroxyl groups is 1. The Kier molecular flexibility index (Phi) is 4.94. The molecule has 0 heterocycles. The molecule has 1 aromatic rings. The highest BCUT2D eigenvalue weighted by atomic mass is 19.1. The molecular weight excluding hydrogens is 217 g/mol. The van der Waals surface area contributed by atoms with Crippen LogP contribution in [0, 0.1) is 5.82 Å². The number of hydrogen-bond donors (Lipinski definition) is 1. The van der Waals surface area contributed by atoms with Crippen LogP contribution >= 0.6 is 0 Å². The van der Waals surface area contributed by atoms with Gasteiger partial charge in [-0.1, -0.05) is 19.9 Å².